The van der Waals surface area contributed by atoms with Gasteiger partial charge in [0.2, 0.25) is 17.7 Å². The van der Waals surface area contributed by atoms with E-state index in [2.05, 4.69) is 16.0 Å². The number of esters is 1. The van der Waals surface area contributed by atoms with E-state index >= 15 is 0 Å². The first-order valence-corrected chi connectivity index (χ1v) is 12.7. The van der Waals surface area contributed by atoms with E-state index in [0.29, 0.717) is 11.1 Å². The molecule has 0 saturated carbocycles. The fraction of sp³-hybridized carbons (Fsp3) is 0.233. The normalized spacial score (nSPS) is 16.0. The Hall–Kier alpha value is -4.99. The molecule has 1 aliphatic rings. The van der Waals surface area contributed by atoms with Crippen LogP contribution in [0.2, 0.25) is 0 Å². The molecule has 0 radical (unpaired) electrons. The van der Waals surface area contributed by atoms with Gasteiger partial charge in [0, 0.05) is 6.42 Å². The Kier molecular flexibility index (Phi) is 9.24. The second-order valence-corrected chi connectivity index (χ2v) is 9.28. The molecule has 0 bridgehead atoms. The second kappa shape index (κ2) is 13.2. The van der Waals surface area contributed by atoms with Gasteiger partial charge in [-0.25, -0.2) is 9.59 Å². The third-order valence-corrected chi connectivity index (χ3v) is 6.34. The van der Waals surface area contributed by atoms with Crippen LogP contribution < -0.4 is 16.0 Å². The first-order chi connectivity index (χ1) is 19.3. The first kappa shape index (κ1) is 28.0. The third-order valence-electron chi connectivity index (χ3n) is 6.34. The number of amides is 4. The number of benzene rings is 3. The minimum absolute atomic E-state index is 0.000675. The van der Waals surface area contributed by atoms with E-state index in [1.165, 1.54) is 6.92 Å². The van der Waals surface area contributed by atoms with E-state index in [4.69, 9.17) is 9.47 Å². The van der Waals surface area contributed by atoms with Crippen LogP contribution in [0, 0.1) is 5.92 Å². The molecule has 3 atom stereocenters. The van der Waals surface area contributed by atoms with Gasteiger partial charge in [0.25, 0.3) is 0 Å². The van der Waals surface area contributed by atoms with Crippen LogP contribution >= 0.6 is 0 Å². The highest BCUT2D eigenvalue weighted by Gasteiger charge is 2.43. The monoisotopic (exact) mass is 543 g/mol. The Morgan fingerprint density at radius 2 is 1.40 bits per heavy atom. The van der Waals surface area contributed by atoms with Crippen molar-refractivity contribution in [3.8, 4) is 0 Å². The lowest BCUT2D eigenvalue weighted by Gasteiger charge is -2.26. The summed E-state index contributed by atoms with van der Waals surface area (Å²) < 4.78 is 11.0. The molecule has 4 amide bonds. The van der Waals surface area contributed by atoms with E-state index in [-0.39, 0.29) is 13.0 Å². The van der Waals surface area contributed by atoms with E-state index < -0.39 is 53.9 Å². The summed E-state index contributed by atoms with van der Waals surface area (Å²) in [5.41, 5.74) is 2.12. The van der Waals surface area contributed by atoms with Crippen molar-refractivity contribution in [2.45, 2.75) is 38.1 Å². The van der Waals surface area contributed by atoms with Crippen molar-refractivity contribution in [1.29, 1.82) is 0 Å². The zero-order valence-corrected chi connectivity index (χ0v) is 21.7. The Bertz CT molecular complexity index is 1310. The minimum atomic E-state index is -1.49. The molecule has 3 N–H and O–H groups in total. The SMILES string of the molecule is C[C@H](NC(=O)OCc1ccccc1)C(=O)NC(C(=O)OC(c1ccccc1)c1ccccc1)C1CC(=O)NC1=O. The van der Waals surface area contributed by atoms with Gasteiger partial charge in [-0.1, -0.05) is 91.0 Å². The highest BCUT2D eigenvalue weighted by Crippen LogP contribution is 2.28. The molecule has 1 heterocycles. The first-order valence-electron chi connectivity index (χ1n) is 12.7. The molecule has 1 saturated heterocycles. The van der Waals surface area contributed by atoms with Crippen molar-refractivity contribution in [2.24, 2.45) is 5.92 Å². The minimum Gasteiger partial charge on any atom is -0.451 e. The second-order valence-electron chi connectivity index (χ2n) is 9.28. The molecular weight excluding hydrogens is 514 g/mol. The fourth-order valence-electron chi connectivity index (χ4n) is 4.23. The average Bonchev–Trinajstić information content (AvgIpc) is 3.31. The lowest BCUT2D eigenvalue weighted by molar-refractivity contribution is -0.154. The molecule has 10 heteroatoms. The van der Waals surface area contributed by atoms with Crippen molar-refractivity contribution in [1.82, 2.24) is 16.0 Å². The zero-order valence-electron chi connectivity index (χ0n) is 21.7. The summed E-state index contributed by atoms with van der Waals surface area (Å²) in [7, 11) is 0. The molecular formula is C30H29N3O7. The van der Waals surface area contributed by atoms with Gasteiger partial charge >= 0.3 is 12.1 Å². The standard InChI is InChI=1S/C30H29N3O7/c1-19(31-30(38)39-18-20-11-5-2-6-12-20)27(35)33-25(23-17-24(34)32-28(23)36)29(37)40-26(21-13-7-3-8-14-21)22-15-9-4-10-16-22/h2-16,19,23,25-26H,17-18H2,1H3,(H,31,38)(H,33,35)(H,32,34,36)/t19-,23?,25?/m0/s1. The molecule has 3 aromatic rings. The zero-order chi connectivity index (χ0) is 28.5. The van der Waals surface area contributed by atoms with Crippen molar-refractivity contribution >= 4 is 29.8 Å². The number of rotatable bonds is 10. The Morgan fingerprint density at radius 3 is 1.93 bits per heavy atom. The molecule has 3 aromatic carbocycles. The van der Waals surface area contributed by atoms with Gasteiger partial charge in [-0.3, -0.25) is 19.7 Å². The molecule has 2 unspecified atom stereocenters. The van der Waals surface area contributed by atoms with Gasteiger partial charge in [0.1, 0.15) is 18.7 Å². The molecule has 1 aliphatic heterocycles. The number of alkyl carbamates (subject to hydrolysis) is 1. The third kappa shape index (κ3) is 7.31. The van der Waals surface area contributed by atoms with E-state index in [1.807, 2.05) is 18.2 Å². The number of hydrogen-bond donors (Lipinski definition) is 3. The summed E-state index contributed by atoms with van der Waals surface area (Å²) in [6.45, 7) is 1.40. The number of carbonyl (C=O) groups is 5. The lowest BCUT2D eigenvalue weighted by atomic mass is 9.96. The summed E-state index contributed by atoms with van der Waals surface area (Å²) in [6, 6.07) is 24.4. The maximum absolute atomic E-state index is 13.5. The summed E-state index contributed by atoms with van der Waals surface area (Å²) in [6.07, 6.45) is -1.98. The highest BCUT2D eigenvalue weighted by molar-refractivity contribution is 6.06. The number of carbonyl (C=O) groups excluding carboxylic acids is 5. The molecule has 206 valence electrons. The summed E-state index contributed by atoms with van der Waals surface area (Å²) in [5.74, 6) is -4.12. The van der Waals surface area contributed by atoms with Gasteiger partial charge in [-0.15, -0.1) is 0 Å². The Labute approximate surface area is 231 Å². The fourth-order valence-corrected chi connectivity index (χ4v) is 4.23. The van der Waals surface area contributed by atoms with E-state index in [9.17, 15) is 24.0 Å². The largest absolute Gasteiger partial charge is 0.451 e. The van der Waals surface area contributed by atoms with Gasteiger partial charge in [0.15, 0.2) is 6.10 Å². The molecule has 1 fully saturated rings. The van der Waals surface area contributed by atoms with Gasteiger partial charge in [-0.05, 0) is 23.6 Å². The van der Waals surface area contributed by atoms with Crippen LogP contribution in [0.4, 0.5) is 4.79 Å². The van der Waals surface area contributed by atoms with E-state index in [0.717, 1.165) is 5.56 Å². The number of hydrogen-bond acceptors (Lipinski definition) is 7. The number of imide groups is 1. The maximum Gasteiger partial charge on any atom is 0.408 e. The van der Waals surface area contributed by atoms with Crippen molar-refractivity contribution < 1.29 is 33.4 Å². The van der Waals surface area contributed by atoms with Gasteiger partial charge < -0.3 is 20.1 Å². The molecule has 40 heavy (non-hydrogen) atoms. The van der Waals surface area contributed by atoms with Crippen LogP contribution in [0.15, 0.2) is 91.0 Å². The molecule has 10 nitrogen and oxygen atoms in total. The van der Waals surface area contributed by atoms with Crippen LogP contribution in [-0.4, -0.2) is 41.9 Å². The number of nitrogens with one attached hydrogen (secondary N) is 3. The molecule has 0 aliphatic carbocycles. The smallest absolute Gasteiger partial charge is 0.408 e. The number of ether oxygens (including phenoxy) is 2. The molecule has 4 rings (SSSR count). The van der Waals surface area contributed by atoms with Crippen LogP contribution in [0.3, 0.4) is 0 Å². The van der Waals surface area contributed by atoms with Gasteiger partial charge in [0.05, 0.1) is 5.92 Å². The average molecular weight is 544 g/mol. The van der Waals surface area contributed by atoms with E-state index in [1.54, 1.807) is 72.8 Å². The Morgan fingerprint density at radius 1 is 0.850 bits per heavy atom. The van der Waals surface area contributed by atoms with Crippen LogP contribution in [-0.2, 0) is 35.3 Å². The van der Waals surface area contributed by atoms with Crippen molar-refractivity contribution in [2.75, 3.05) is 0 Å². The maximum atomic E-state index is 13.5. The van der Waals surface area contributed by atoms with Crippen LogP contribution in [0.25, 0.3) is 0 Å². The van der Waals surface area contributed by atoms with Crippen LogP contribution in [0.1, 0.15) is 36.1 Å². The predicted molar refractivity (Wildman–Crippen MR) is 143 cm³/mol. The van der Waals surface area contributed by atoms with Gasteiger partial charge in [-0.2, -0.15) is 0 Å². The van der Waals surface area contributed by atoms with Crippen molar-refractivity contribution in [3.05, 3.63) is 108 Å². The Balaban J connectivity index is 1.48. The molecule has 0 aromatic heterocycles. The summed E-state index contributed by atoms with van der Waals surface area (Å²) in [4.78, 5) is 63.3. The van der Waals surface area contributed by atoms with Crippen molar-refractivity contribution in [3.63, 3.8) is 0 Å². The topological polar surface area (TPSA) is 140 Å². The quantitative estimate of drug-likeness (QED) is 0.264. The predicted octanol–water partition coefficient (Wildman–Crippen LogP) is 2.78. The van der Waals surface area contributed by atoms with Crippen LogP contribution in [0.5, 0.6) is 0 Å². The highest BCUT2D eigenvalue weighted by atomic mass is 16.6. The summed E-state index contributed by atoms with van der Waals surface area (Å²) in [5, 5.41) is 7.06. The summed E-state index contributed by atoms with van der Waals surface area (Å²) >= 11 is 0. The molecule has 0 spiro atoms. The lowest BCUT2D eigenvalue weighted by Crippen LogP contribution is -2.54.